The fourth-order valence-corrected chi connectivity index (χ4v) is 1.14. The summed E-state index contributed by atoms with van der Waals surface area (Å²) in [6.45, 7) is 7.99. The van der Waals surface area contributed by atoms with Crippen molar-refractivity contribution in [2.45, 2.75) is 33.1 Å². The van der Waals surface area contributed by atoms with Gasteiger partial charge in [0.1, 0.15) is 5.82 Å². The summed E-state index contributed by atoms with van der Waals surface area (Å²) in [5, 5.41) is 0. The Bertz CT molecular complexity index is 397. The number of nitrogen functional groups attached to an aromatic ring is 1. The van der Waals surface area contributed by atoms with Crippen LogP contribution in [0.4, 0.5) is 5.82 Å². The van der Waals surface area contributed by atoms with Gasteiger partial charge in [0.25, 0.3) is 0 Å². The predicted molar refractivity (Wildman–Crippen MR) is 61.1 cm³/mol. The maximum atomic E-state index is 11.5. The monoisotopic (exact) mass is 223 g/mol. The molecule has 0 spiro atoms. The Balaban J connectivity index is 3.13. The van der Waals surface area contributed by atoms with Crippen molar-refractivity contribution in [2.75, 3.05) is 12.3 Å². The first-order valence-electron chi connectivity index (χ1n) is 5.16. The van der Waals surface area contributed by atoms with E-state index >= 15 is 0 Å². The number of nitrogens with two attached hydrogens (primary N) is 1. The summed E-state index contributed by atoms with van der Waals surface area (Å²) in [6.07, 6.45) is 0. The Kier molecular flexibility index (Phi) is 3.47. The van der Waals surface area contributed by atoms with Crippen LogP contribution in [-0.4, -0.2) is 22.5 Å². The summed E-state index contributed by atoms with van der Waals surface area (Å²) >= 11 is 0. The van der Waals surface area contributed by atoms with Crippen molar-refractivity contribution in [3.8, 4) is 0 Å². The van der Waals surface area contributed by atoms with Crippen LogP contribution in [0.2, 0.25) is 0 Å². The maximum absolute atomic E-state index is 11.5. The first kappa shape index (κ1) is 12.4. The molecular formula is C11H17N3O2. The Hall–Kier alpha value is -1.65. The van der Waals surface area contributed by atoms with Crippen LogP contribution in [-0.2, 0) is 10.2 Å². The van der Waals surface area contributed by atoms with Crippen LogP contribution in [0.1, 0.15) is 44.0 Å². The summed E-state index contributed by atoms with van der Waals surface area (Å²) in [7, 11) is 0. The third-order valence-corrected chi connectivity index (χ3v) is 1.97. The van der Waals surface area contributed by atoms with Crippen LogP contribution in [0, 0.1) is 0 Å². The molecule has 88 valence electrons. The normalized spacial score (nSPS) is 11.2. The van der Waals surface area contributed by atoms with Crippen molar-refractivity contribution in [1.82, 2.24) is 9.97 Å². The summed E-state index contributed by atoms with van der Waals surface area (Å²) in [5.74, 6) is -0.241. The molecule has 0 atom stereocenters. The summed E-state index contributed by atoms with van der Waals surface area (Å²) in [4.78, 5) is 19.5. The van der Waals surface area contributed by atoms with Gasteiger partial charge in [-0.25, -0.2) is 14.8 Å². The quantitative estimate of drug-likeness (QED) is 0.769. The molecule has 0 aromatic carbocycles. The van der Waals surface area contributed by atoms with E-state index in [0.29, 0.717) is 6.61 Å². The molecule has 1 rings (SSSR count). The maximum Gasteiger partial charge on any atom is 0.376 e. The van der Waals surface area contributed by atoms with Crippen molar-refractivity contribution >= 4 is 11.8 Å². The number of hydrogen-bond acceptors (Lipinski definition) is 5. The largest absolute Gasteiger partial charge is 0.460 e. The van der Waals surface area contributed by atoms with E-state index in [9.17, 15) is 4.79 Å². The van der Waals surface area contributed by atoms with E-state index in [-0.39, 0.29) is 17.1 Å². The fraction of sp³-hybridized carbons (Fsp3) is 0.545. The first-order valence-corrected chi connectivity index (χ1v) is 5.16. The third-order valence-electron chi connectivity index (χ3n) is 1.97. The van der Waals surface area contributed by atoms with Gasteiger partial charge in [-0.1, -0.05) is 20.8 Å². The van der Waals surface area contributed by atoms with Gasteiger partial charge < -0.3 is 10.5 Å². The van der Waals surface area contributed by atoms with E-state index in [0.717, 1.165) is 5.69 Å². The highest BCUT2D eigenvalue weighted by Crippen LogP contribution is 2.21. The van der Waals surface area contributed by atoms with Crippen molar-refractivity contribution in [1.29, 1.82) is 0 Å². The lowest BCUT2D eigenvalue weighted by Gasteiger charge is -2.18. The lowest BCUT2D eigenvalue weighted by Crippen LogP contribution is -2.19. The smallest absolute Gasteiger partial charge is 0.376 e. The van der Waals surface area contributed by atoms with Crippen molar-refractivity contribution in [2.24, 2.45) is 0 Å². The van der Waals surface area contributed by atoms with Crippen LogP contribution in [0.5, 0.6) is 0 Å². The molecule has 1 aromatic rings. The molecule has 0 radical (unpaired) electrons. The Labute approximate surface area is 95.0 Å². The number of esters is 1. The Morgan fingerprint density at radius 1 is 1.44 bits per heavy atom. The zero-order valence-electron chi connectivity index (χ0n) is 10.1. The zero-order chi connectivity index (χ0) is 12.3. The molecule has 5 heteroatoms. The fourth-order valence-electron chi connectivity index (χ4n) is 1.14. The van der Waals surface area contributed by atoms with Gasteiger partial charge in [0.15, 0.2) is 0 Å². The Morgan fingerprint density at radius 2 is 2.06 bits per heavy atom. The topological polar surface area (TPSA) is 78.1 Å². The molecule has 0 amide bonds. The molecule has 0 aliphatic heterocycles. The second kappa shape index (κ2) is 4.47. The summed E-state index contributed by atoms with van der Waals surface area (Å²) < 4.78 is 4.83. The van der Waals surface area contributed by atoms with E-state index < -0.39 is 5.97 Å². The standard InChI is InChI=1S/C11H17N3O2/c1-5-16-10(15)9-13-7(11(2,3)4)6-8(12)14-9/h6H,5H2,1-4H3,(H2,12,13,14). The SMILES string of the molecule is CCOC(=O)c1nc(N)cc(C(C)(C)C)n1. The highest BCUT2D eigenvalue weighted by Gasteiger charge is 2.20. The molecule has 0 saturated carbocycles. The molecule has 0 aliphatic carbocycles. The van der Waals surface area contributed by atoms with Crippen molar-refractivity contribution in [3.63, 3.8) is 0 Å². The van der Waals surface area contributed by atoms with E-state index in [1.807, 2.05) is 20.8 Å². The first-order chi connectivity index (χ1) is 7.34. The van der Waals surface area contributed by atoms with E-state index in [4.69, 9.17) is 10.5 Å². The molecule has 1 aromatic heterocycles. The molecule has 0 bridgehead atoms. The number of aromatic nitrogens is 2. The van der Waals surface area contributed by atoms with Crippen molar-refractivity contribution < 1.29 is 9.53 Å². The van der Waals surface area contributed by atoms with Crippen LogP contribution in [0.15, 0.2) is 6.07 Å². The van der Waals surface area contributed by atoms with Crippen LogP contribution >= 0.6 is 0 Å². The van der Waals surface area contributed by atoms with Gasteiger partial charge in [-0.3, -0.25) is 0 Å². The van der Waals surface area contributed by atoms with Gasteiger partial charge in [-0.05, 0) is 6.92 Å². The van der Waals surface area contributed by atoms with Crippen LogP contribution in [0.3, 0.4) is 0 Å². The minimum absolute atomic E-state index is 0.0202. The second-order valence-corrected chi connectivity index (χ2v) is 4.47. The lowest BCUT2D eigenvalue weighted by molar-refractivity contribution is 0.0511. The van der Waals surface area contributed by atoms with Gasteiger partial charge in [0.05, 0.1) is 12.3 Å². The van der Waals surface area contributed by atoms with Gasteiger partial charge in [-0.2, -0.15) is 0 Å². The van der Waals surface area contributed by atoms with E-state index in [1.165, 1.54) is 0 Å². The molecule has 0 unspecified atom stereocenters. The van der Waals surface area contributed by atoms with Gasteiger partial charge in [-0.15, -0.1) is 0 Å². The molecule has 0 fully saturated rings. The average Bonchev–Trinajstić information content (AvgIpc) is 2.16. The highest BCUT2D eigenvalue weighted by molar-refractivity contribution is 5.85. The van der Waals surface area contributed by atoms with E-state index in [1.54, 1.807) is 13.0 Å². The predicted octanol–water partition coefficient (Wildman–Crippen LogP) is 1.53. The molecule has 16 heavy (non-hydrogen) atoms. The average molecular weight is 223 g/mol. The molecule has 0 aliphatic rings. The summed E-state index contributed by atoms with van der Waals surface area (Å²) in [6, 6.07) is 1.67. The van der Waals surface area contributed by atoms with Gasteiger partial charge in [0.2, 0.25) is 5.82 Å². The number of carbonyl (C=O) groups is 1. The zero-order valence-corrected chi connectivity index (χ0v) is 10.1. The van der Waals surface area contributed by atoms with Gasteiger partial charge >= 0.3 is 5.97 Å². The molecule has 5 nitrogen and oxygen atoms in total. The molecular weight excluding hydrogens is 206 g/mol. The minimum atomic E-state index is -0.541. The van der Waals surface area contributed by atoms with E-state index in [2.05, 4.69) is 9.97 Å². The number of hydrogen-bond donors (Lipinski definition) is 1. The van der Waals surface area contributed by atoms with Crippen molar-refractivity contribution in [3.05, 3.63) is 17.6 Å². The second-order valence-electron chi connectivity index (χ2n) is 4.47. The lowest BCUT2D eigenvalue weighted by atomic mass is 9.92. The molecule has 1 heterocycles. The molecule has 2 N–H and O–H groups in total. The third kappa shape index (κ3) is 2.92. The van der Waals surface area contributed by atoms with Crippen LogP contribution in [0.25, 0.3) is 0 Å². The summed E-state index contributed by atoms with van der Waals surface area (Å²) in [5.41, 5.74) is 6.17. The number of nitrogens with zero attached hydrogens (tertiary/aromatic N) is 2. The number of rotatable bonds is 2. The minimum Gasteiger partial charge on any atom is -0.460 e. The number of anilines is 1. The number of carbonyl (C=O) groups excluding carboxylic acids is 1. The Morgan fingerprint density at radius 3 is 2.56 bits per heavy atom. The van der Waals surface area contributed by atoms with Gasteiger partial charge in [0, 0.05) is 11.5 Å². The van der Waals surface area contributed by atoms with Crippen LogP contribution < -0.4 is 5.73 Å². The molecule has 0 saturated heterocycles. The highest BCUT2D eigenvalue weighted by atomic mass is 16.5. The number of ether oxygens (including phenoxy) is 1.